The zero-order valence-electron chi connectivity index (χ0n) is 11.9. The molecular formula is C16H18N2O2. The highest BCUT2D eigenvalue weighted by molar-refractivity contribution is 5.90. The van der Waals surface area contributed by atoms with E-state index in [9.17, 15) is 4.79 Å². The minimum Gasteiger partial charge on any atom is -0.483 e. The molecule has 0 saturated carbocycles. The highest BCUT2D eigenvalue weighted by atomic mass is 16.5. The summed E-state index contributed by atoms with van der Waals surface area (Å²) < 4.78 is 5.54. The van der Waals surface area contributed by atoms with E-state index in [0.29, 0.717) is 5.82 Å². The molecule has 2 rings (SSSR count). The third kappa shape index (κ3) is 3.57. The number of nitrogens with zero attached hydrogens (tertiary/aromatic N) is 1. The number of anilines is 1. The molecule has 0 spiro atoms. The molecule has 0 aliphatic heterocycles. The summed E-state index contributed by atoms with van der Waals surface area (Å²) in [5, 5.41) is 2.70. The molecule has 0 fully saturated rings. The predicted molar refractivity (Wildman–Crippen MR) is 79.0 cm³/mol. The minimum atomic E-state index is -0.220. The zero-order valence-corrected chi connectivity index (χ0v) is 11.9. The third-order valence-corrected chi connectivity index (χ3v) is 3.09. The molecule has 0 aliphatic rings. The summed E-state index contributed by atoms with van der Waals surface area (Å²) in [5.74, 6) is 1.05. The van der Waals surface area contributed by atoms with Crippen LogP contribution in [-0.2, 0) is 4.79 Å². The zero-order chi connectivity index (χ0) is 14.5. The van der Waals surface area contributed by atoms with E-state index in [-0.39, 0.29) is 12.5 Å². The van der Waals surface area contributed by atoms with Gasteiger partial charge in [-0.05, 0) is 49.6 Å². The molecule has 104 valence electrons. The van der Waals surface area contributed by atoms with E-state index in [1.165, 1.54) is 0 Å². The van der Waals surface area contributed by atoms with Crippen LogP contribution in [0.5, 0.6) is 5.75 Å². The van der Waals surface area contributed by atoms with Crippen LogP contribution in [0.4, 0.5) is 5.82 Å². The van der Waals surface area contributed by atoms with Crippen molar-refractivity contribution in [2.45, 2.75) is 20.8 Å². The molecule has 20 heavy (non-hydrogen) atoms. The van der Waals surface area contributed by atoms with Crippen LogP contribution in [0, 0.1) is 20.8 Å². The van der Waals surface area contributed by atoms with Gasteiger partial charge in [0.1, 0.15) is 11.6 Å². The summed E-state index contributed by atoms with van der Waals surface area (Å²) in [6, 6.07) is 9.45. The second kappa shape index (κ2) is 6.19. The van der Waals surface area contributed by atoms with E-state index in [0.717, 1.165) is 22.4 Å². The molecule has 1 aromatic heterocycles. The monoisotopic (exact) mass is 270 g/mol. The summed E-state index contributed by atoms with van der Waals surface area (Å²) in [4.78, 5) is 15.9. The Bertz CT molecular complexity index is 606. The number of amides is 1. The average molecular weight is 270 g/mol. The highest BCUT2D eigenvalue weighted by Crippen LogP contribution is 2.20. The van der Waals surface area contributed by atoms with Crippen LogP contribution in [0.3, 0.4) is 0 Å². The molecule has 2 aromatic rings. The molecule has 1 amide bonds. The molecule has 4 nitrogen and oxygen atoms in total. The molecular weight excluding hydrogens is 252 g/mol. The Kier molecular flexibility index (Phi) is 4.35. The molecule has 1 aromatic carbocycles. The van der Waals surface area contributed by atoms with Gasteiger partial charge in [0, 0.05) is 6.20 Å². The fourth-order valence-electron chi connectivity index (χ4n) is 1.74. The van der Waals surface area contributed by atoms with Gasteiger partial charge in [-0.1, -0.05) is 18.2 Å². The van der Waals surface area contributed by atoms with E-state index in [4.69, 9.17) is 4.74 Å². The van der Waals surface area contributed by atoms with Gasteiger partial charge in [-0.25, -0.2) is 4.98 Å². The van der Waals surface area contributed by atoms with Crippen molar-refractivity contribution in [3.05, 3.63) is 53.2 Å². The Hall–Kier alpha value is -2.36. The number of ether oxygens (including phenoxy) is 1. The molecule has 1 N–H and O–H groups in total. The average Bonchev–Trinajstić information content (AvgIpc) is 2.43. The lowest BCUT2D eigenvalue weighted by Gasteiger charge is -2.10. The molecule has 0 unspecified atom stereocenters. The van der Waals surface area contributed by atoms with Gasteiger partial charge in [0.2, 0.25) is 0 Å². The molecule has 1 heterocycles. The van der Waals surface area contributed by atoms with E-state index in [1.807, 2.05) is 45.0 Å². The van der Waals surface area contributed by atoms with Crippen LogP contribution in [0.2, 0.25) is 0 Å². The maximum Gasteiger partial charge on any atom is 0.263 e. The van der Waals surface area contributed by atoms with Gasteiger partial charge >= 0.3 is 0 Å². The van der Waals surface area contributed by atoms with E-state index >= 15 is 0 Å². The minimum absolute atomic E-state index is 0.0279. The van der Waals surface area contributed by atoms with Crippen LogP contribution in [-0.4, -0.2) is 17.5 Å². The maximum absolute atomic E-state index is 11.8. The number of hydrogen-bond acceptors (Lipinski definition) is 3. The Morgan fingerprint density at radius 2 is 2.00 bits per heavy atom. The number of carbonyl (C=O) groups is 1. The number of nitrogens with one attached hydrogen (secondary N) is 1. The summed E-state index contributed by atoms with van der Waals surface area (Å²) in [6.07, 6.45) is 1.71. The maximum atomic E-state index is 11.8. The fraction of sp³-hybridized carbons (Fsp3) is 0.250. The van der Waals surface area contributed by atoms with E-state index in [2.05, 4.69) is 10.3 Å². The number of aryl methyl sites for hydroxylation is 2. The van der Waals surface area contributed by atoms with Gasteiger partial charge in [0.05, 0.1) is 0 Å². The summed E-state index contributed by atoms with van der Waals surface area (Å²) in [7, 11) is 0. The van der Waals surface area contributed by atoms with Crippen LogP contribution >= 0.6 is 0 Å². The van der Waals surface area contributed by atoms with Gasteiger partial charge in [-0.3, -0.25) is 4.79 Å². The second-order valence-electron chi connectivity index (χ2n) is 4.76. The smallest absolute Gasteiger partial charge is 0.263 e. The van der Waals surface area contributed by atoms with Crippen molar-refractivity contribution in [2.75, 3.05) is 11.9 Å². The first kappa shape index (κ1) is 14.1. The summed E-state index contributed by atoms with van der Waals surface area (Å²) in [6.45, 7) is 5.91. The van der Waals surface area contributed by atoms with Gasteiger partial charge in [-0.15, -0.1) is 0 Å². The van der Waals surface area contributed by atoms with Gasteiger partial charge in [-0.2, -0.15) is 0 Å². The van der Waals surface area contributed by atoms with Gasteiger partial charge < -0.3 is 10.1 Å². The van der Waals surface area contributed by atoms with Crippen LogP contribution in [0.25, 0.3) is 0 Å². The summed E-state index contributed by atoms with van der Waals surface area (Å²) >= 11 is 0. The van der Waals surface area contributed by atoms with Crippen molar-refractivity contribution in [1.29, 1.82) is 0 Å². The third-order valence-electron chi connectivity index (χ3n) is 3.09. The number of rotatable bonds is 4. The number of aromatic nitrogens is 1. The first-order chi connectivity index (χ1) is 9.56. The van der Waals surface area contributed by atoms with Crippen LogP contribution in [0.15, 0.2) is 36.5 Å². The SMILES string of the molecule is Cc1ccc(NC(=O)COc2cccc(C)c2C)nc1. The first-order valence-electron chi connectivity index (χ1n) is 6.48. The van der Waals surface area contributed by atoms with Crippen molar-refractivity contribution in [1.82, 2.24) is 4.98 Å². The van der Waals surface area contributed by atoms with Crippen LogP contribution in [0.1, 0.15) is 16.7 Å². The quantitative estimate of drug-likeness (QED) is 0.929. The van der Waals surface area contributed by atoms with Gasteiger partial charge in [0.25, 0.3) is 5.91 Å². The normalized spacial score (nSPS) is 10.2. The van der Waals surface area contributed by atoms with Crippen molar-refractivity contribution in [3.8, 4) is 5.75 Å². The Morgan fingerprint density at radius 1 is 1.20 bits per heavy atom. The lowest BCUT2D eigenvalue weighted by molar-refractivity contribution is -0.118. The highest BCUT2D eigenvalue weighted by Gasteiger charge is 2.06. The number of benzene rings is 1. The Labute approximate surface area is 118 Å². The number of pyridine rings is 1. The lowest BCUT2D eigenvalue weighted by atomic mass is 10.1. The lowest BCUT2D eigenvalue weighted by Crippen LogP contribution is -2.21. The standard InChI is InChI=1S/C16H18N2O2/c1-11-7-8-15(17-9-11)18-16(19)10-20-14-6-4-5-12(2)13(14)3/h4-9H,10H2,1-3H3,(H,17,18,19). The molecule has 0 saturated heterocycles. The molecule has 0 radical (unpaired) electrons. The molecule has 0 atom stereocenters. The molecule has 0 aliphatic carbocycles. The van der Waals surface area contributed by atoms with Crippen molar-refractivity contribution < 1.29 is 9.53 Å². The van der Waals surface area contributed by atoms with E-state index in [1.54, 1.807) is 12.3 Å². The predicted octanol–water partition coefficient (Wildman–Crippen LogP) is 3.02. The molecule has 4 heteroatoms. The van der Waals surface area contributed by atoms with E-state index < -0.39 is 0 Å². The van der Waals surface area contributed by atoms with Gasteiger partial charge in [0.15, 0.2) is 6.61 Å². The number of hydrogen-bond donors (Lipinski definition) is 1. The Balaban J connectivity index is 1.92. The first-order valence-corrected chi connectivity index (χ1v) is 6.48. The van der Waals surface area contributed by atoms with Crippen LogP contribution < -0.4 is 10.1 Å². The topological polar surface area (TPSA) is 51.2 Å². The number of carbonyl (C=O) groups excluding carboxylic acids is 1. The van der Waals surface area contributed by atoms with Crippen molar-refractivity contribution in [3.63, 3.8) is 0 Å². The Morgan fingerprint density at radius 3 is 2.70 bits per heavy atom. The van der Waals surface area contributed by atoms with Crippen molar-refractivity contribution in [2.24, 2.45) is 0 Å². The fourth-order valence-corrected chi connectivity index (χ4v) is 1.74. The largest absolute Gasteiger partial charge is 0.483 e. The van der Waals surface area contributed by atoms with Crippen molar-refractivity contribution >= 4 is 11.7 Å². The summed E-state index contributed by atoms with van der Waals surface area (Å²) in [5.41, 5.74) is 3.24. The second-order valence-corrected chi connectivity index (χ2v) is 4.76. The molecule has 0 bridgehead atoms.